The molecule has 3 rings (SSSR count). The van der Waals surface area contributed by atoms with Crippen LogP contribution in [-0.2, 0) is 6.42 Å². The molecule has 0 unspecified atom stereocenters. The van der Waals surface area contributed by atoms with Crippen LogP contribution in [0.2, 0.25) is 0 Å². The summed E-state index contributed by atoms with van der Waals surface area (Å²) in [6.07, 6.45) is 2.82. The minimum absolute atomic E-state index is 0.828. The van der Waals surface area contributed by atoms with Gasteiger partial charge in [0.25, 0.3) is 0 Å². The van der Waals surface area contributed by atoms with E-state index in [0.717, 1.165) is 27.2 Å². The average Bonchev–Trinajstić information content (AvgIpc) is 3.04. The Morgan fingerprint density at radius 3 is 2.80 bits per heavy atom. The quantitative estimate of drug-likeness (QED) is 0.793. The smallest absolute Gasteiger partial charge is 0.177 e. The van der Waals surface area contributed by atoms with Crippen LogP contribution in [0.25, 0.3) is 5.69 Å². The van der Waals surface area contributed by atoms with Gasteiger partial charge >= 0.3 is 0 Å². The molecular formula is C13H15IN6. The Kier molecular flexibility index (Phi) is 3.62. The molecule has 0 amide bonds. The lowest BCUT2D eigenvalue weighted by molar-refractivity contribution is 0.349. The summed E-state index contributed by atoms with van der Waals surface area (Å²) in [5, 5.41) is 10.6. The lowest BCUT2D eigenvalue weighted by atomic mass is 10.1. The number of nitrogens with one attached hydrogen (secondary N) is 2. The lowest BCUT2D eigenvalue weighted by Crippen LogP contribution is -2.37. The van der Waals surface area contributed by atoms with Gasteiger partial charge in [0.05, 0.1) is 17.4 Å². The van der Waals surface area contributed by atoms with E-state index in [0.29, 0.717) is 0 Å². The van der Waals surface area contributed by atoms with Crippen LogP contribution in [0.15, 0.2) is 35.6 Å². The summed E-state index contributed by atoms with van der Waals surface area (Å²) in [6.45, 7) is 2.15. The molecule has 0 fully saturated rings. The fraction of sp³-hybridized carbons (Fsp3) is 0.231. The summed E-state index contributed by atoms with van der Waals surface area (Å²) < 4.78 is 3.00. The van der Waals surface area contributed by atoms with E-state index in [1.54, 1.807) is 0 Å². The van der Waals surface area contributed by atoms with Gasteiger partial charge < -0.3 is 0 Å². The third-order valence-corrected chi connectivity index (χ3v) is 4.29. The van der Waals surface area contributed by atoms with Crippen molar-refractivity contribution in [2.45, 2.75) is 13.3 Å². The predicted octanol–water partition coefficient (Wildman–Crippen LogP) is 1.66. The van der Waals surface area contributed by atoms with Crippen molar-refractivity contribution in [2.24, 2.45) is 5.10 Å². The monoisotopic (exact) mass is 382 g/mol. The fourth-order valence-corrected chi connectivity index (χ4v) is 2.95. The molecule has 2 heterocycles. The zero-order chi connectivity index (χ0) is 14.1. The number of hydrazone groups is 1. The van der Waals surface area contributed by atoms with E-state index < -0.39 is 0 Å². The number of hydrogen-bond acceptors (Lipinski definition) is 5. The van der Waals surface area contributed by atoms with Crippen molar-refractivity contribution >= 4 is 28.4 Å². The first-order chi connectivity index (χ1) is 9.72. The van der Waals surface area contributed by atoms with Crippen molar-refractivity contribution in [3.63, 3.8) is 0 Å². The molecule has 0 saturated heterocycles. The maximum absolute atomic E-state index is 4.52. The summed E-state index contributed by atoms with van der Waals surface area (Å²) in [5.41, 5.74) is 9.04. The highest BCUT2D eigenvalue weighted by atomic mass is 127. The van der Waals surface area contributed by atoms with E-state index in [4.69, 9.17) is 0 Å². The number of aromatic nitrogens is 2. The highest BCUT2D eigenvalue weighted by Crippen LogP contribution is 2.21. The zero-order valence-corrected chi connectivity index (χ0v) is 13.4. The number of rotatable bonds is 3. The van der Waals surface area contributed by atoms with Crippen LogP contribution in [0.1, 0.15) is 18.1 Å². The molecule has 0 aliphatic carbocycles. The molecule has 0 atom stereocenters. The van der Waals surface area contributed by atoms with E-state index in [1.807, 2.05) is 29.0 Å². The van der Waals surface area contributed by atoms with E-state index in [2.05, 4.69) is 69.0 Å². The molecule has 104 valence electrons. The second kappa shape index (κ2) is 5.41. The summed E-state index contributed by atoms with van der Waals surface area (Å²) in [7, 11) is 1.91. The first-order valence-electron chi connectivity index (χ1n) is 6.36. The number of aryl methyl sites for hydroxylation is 1. The third-order valence-electron chi connectivity index (χ3n) is 3.25. The topological polar surface area (TPSA) is 57.5 Å². The molecule has 0 bridgehead atoms. The van der Waals surface area contributed by atoms with Crippen LogP contribution in [-0.4, -0.2) is 27.7 Å². The number of hydrazine groups is 2. The van der Waals surface area contributed by atoms with Gasteiger partial charge in [-0.2, -0.15) is 5.10 Å². The Labute approximate surface area is 130 Å². The number of amidine groups is 1. The van der Waals surface area contributed by atoms with E-state index in [1.165, 1.54) is 5.56 Å². The predicted molar refractivity (Wildman–Crippen MR) is 86.2 cm³/mol. The van der Waals surface area contributed by atoms with Crippen LogP contribution in [0.3, 0.4) is 0 Å². The van der Waals surface area contributed by atoms with Gasteiger partial charge in [-0.3, -0.25) is 5.01 Å². The number of para-hydroxylation sites is 1. The molecule has 0 spiro atoms. The van der Waals surface area contributed by atoms with Gasteiger partial charge in [0.2, 0.25) is 0 Å². The molecule has 1 aliphatic heterocycles. The largest absolute Gasteiger partial charge is 0.274 e. The second-order valence-electron chi connectivity index (χ2n) is 4.46. The molecule has 20 heavy (non-hydrogen) atoms. The average molecular weight is 382 g/mol. The summed E-state index contributed by atoms with van der Waals surface area (Å²) >= 11 is 2.31. The highest BCUT2D eigenvalue weighted by molar-refractivity contribution is 14.1. The molecule has 2 aromatic rings. The number of hydrogen-bond donors (Lipinski definition) is 2. The van der Waals surface area contributed by atoms with Gasteiger partial charge in [-0.25, -0.2) is 10.2 Å². The van der Waals surface area contributed by atoms with Crippen molar-refractivity contribution in [3.8, 4) is 5.69 Å². The Bertz CT molecular complexity index is 663. The highest BCUT2D eigenvalue weighted by Gasteiger charge is 2.21. The molecule has 0 radical (unpaired) electrons. The maximum atomic E-state index is 4.52. The van der Waals surface area contributed by atoms with E-state index >= 15 is 0 Å². The van der Waals surface area contributed by atoms with Crippen molar-refractivity contribution in [1.82, 2.24) is 25.9 Å². The number of halogens is 1. The van der Waals surface area contributed by atoms with Crippen LogP contribution >= 0.6 is 22.6 Å². The Balaban J connectivity index is 2.07. The Morgan fingerprint density at radius 1 is 1.30 bits per heavy atom. The van der Waals surface area contributed by atoms with Crippen LogP contribution in [0, 0.1) is 3.70 Å². The molecule has 1 aliphatic rings. The third kappa shape index (κ3) is 2.16. The van der Waals surface area contributed by atoms with E-state index in [-0.39, 0.29) is 0 Å². The van der Waals surface area contributed by atoms with Gasteiger partial charge in [0.15, 0.2) is 5.84 Å². The Hall–Kier alpha value is -1.61. The van der Waals surface area contributed by atoms with Gasteiger partial charge in [0.1, 0.15) is 3.70 Å². The lowest BCUT2D eigenvalue weighted by Gasteiger charge is -2.12. The molecule has 0 saturated carbocycles. The summed E-state index contributed by atoms with van der Waals surface area (Å²) in [6, 6.07) is 8.32. The first kappa shape index (κ1) is 13.4. The van der Waals surface area contributed by atoms with Crippen molar-refractivity contribution in [1.29, 1.82) is 0 Å². The maximum Gasteiger partial charge on any atom is 0.177 e. The normalized spacial score (nSPS) is 14.3. The molecule has 1 aromatic carbocycles. The van der Waals surface area contributed by atoms with Gasteiger partial charge in [-0.1, -0.05) is 25.1 Å². The van der Waals surface area contributed by atoms with Crippen LogP contribution in [0.4, 0.5) is 0 Å². The Morgan fingerprint density at radius 2 is 2.10 bits per heavy atom. The zero-order valence-electron chi connectivity index (χ0n) is 11.3. The van der Waals surface area contributed by atoms with Crippen molar-refractivity contribution in [2.75, 3.05) is 7.05 Å². The molecule has 6 nitrogen and oxygen atoms in total. The van der Waals surface area contributed by atoms with Gasteiger partial charge in [0, 0.05) is 7.05 Å². The van der Waals surface area contributed by atoms with Crippen LogP contribution < -0.4 is 11.1 Å². The first-order valence-corrected chi connectivity index (χ1v) is 7.44. The van der Waals surface area contributed by atoms with Gasteiger partial charge in [-0.15, -0.1) is 10.6 Å². The second-order valence-corrected chi connectivity index (χ2v) is 5.48. The van der Waals surface area contributed by atoms with Gasteiger partial charge in [-0.05, 0) is 40.6 Å². The fourth-order valence-electron chi connectivity index (χ4n) is 2.19. The molecule has 7 heteroatoms. The summed E-state index contributed by atoms with van der Waals surface area (Å²) in [4.78, 5) is 0. The number of nitrogens with zero attached hydrogens (tertiary/aromatic N) is 4. The van der Waals surface area contributed by atoms with Crippen molar-refractivity contribution < 1.29 is 0 Å². The van der Waals surface area contributed by atoms with E-state index in [9.17, 15) is 0 Å². The number of benzene rings is 1. The van der Waals surface area contributed by atoms with Crippen LogP contribution in [0.5, 0.6) is 0 Å². The molecule has 1 aromatic heterocycles. The minimum atomic E-state index is 0.828. The minimum Gasteiger partial charge on any atom is -0.274 e. The van der Waals surface area contributed by atoms with Crippen molar-refractivity contribution in [3.05, 3.63) is 45.3 Å². The SMILES string of the molecule is CCc1ccccc1-n1ncc(C2=NNNN2C)c1I. The summed E-state index contributed by atoms with van der Waals surface area (Å²) in [5.74, 6) is 0.828. The standard InChI is InChI=1S/C13H15IN6/c1-3-9-6-4-5-7-11(9)20-12(14)10(8-15-20)13-16-17-18-19(13)2/h4-8,17-18H,3H2,1-2H3. The molecular weight excluding hydrogens is 367 g/mol. The molecule has 2 N–H and O–H groups in total.